The summed E-state index contributed by atoms with van der Waals surface area (Å²) in [5.74, 6) is -0.681. The average molecular weight is 430 g/mol. The van der Waals surface area contributed by atoms with E-state index >= 15 is 0 Å². The van der Waals surface area contributed by atoms with E-state index in [1.807, 2.05) is 68.4 Å². The number of carbonyl (C=O) groups excluding carboxylic acids is 3. The molecule has 0 radical (unpaired) electrons. The van der Waals surface area contributed by atoms with E-state index < -0.39 is 6.04 Å². The van der Waals surface area contributed by atoms with Crippen molar-refractivity contribution in [2.75, 3.05) is 18.0 Å². The van der Waals surface area contributed by atoms with Crippen LogP contribution in [0.15, 0.2) is 60.7 Å². The van der Waals surface area contributed by atoms with E-state index in [9.17, 15) is 14.4 Å². The average Bonchev–Trinajstić information content (AvgIpc) is 3.06. The van der Waals surface area contributed by atoms with Crippen molar-refractivity contribution in [3.05, 3.63) is 77.4 Å². The van der Waals surface area contributed by atoms with E-state index in [2.05, 4.69) is 5.32 Å². The standard InChI is InChI=1S/C26H27N3O3/c1-4-27-25(31)18(3)28(15-19-13-11-17(2)12-14-19)23(30)16-29-22-10-6-8-20-7-5-9-21(24(20)22)26(29)32/h5-14,18H,4,15-16H2,1-3H3,(H,27,31). The molecule has 0 aliphatic carbocycles. The van der Waals surface area contributed by atoms with Gasteiger partial charge in [-0.2, -0.15) is 0 Å². The summed E-state index contributed by atoms with van der Waals surface area (Å²) in [6.45, 7) is 6.22. The fourth-order valence-electron chi connectivity index (χ4n) is 4.16. The second-order valence-corrected chi connectivity index (χ2v) is 8.15. The number of hydrogen-bond donors (Lipinski definition) is 1. The van der Waals surface area contributed by atoms with Gasteiger partial charge in [-0.3, -0.25) is 19.3 Å². The maximum absolute atomic E-state index is 13.5. The third kappa shape index (κ3) is 3.96. The second-order valence-electron chi connectivity index (χ2n) is 8.15. The maximum atomic E-state index is 13.5. The van der Waals surface area contributed by atoms with E-state index in [1.165, 1.54) is 4.90 Å². The SMILES string of the molecule is CCNC(=O)C(C)N(Cc1ccc(C)cc1)C(=O)CN1C(=O)c2cccc3cccc1c23. The molecule has 164 valence electrons. The van der Waals surface area contributed by atoms with Gasteiger partial charge in [0.25, 0.3) is 5.91 Å². The lowest BCUT2D eigenvalue weighted by Gasteiger charge is -2.30. The van der Waals surface area contributed by atoms with Crippen LogP contribution in [-0.2, 0) is 16.1 Å². The third-order valence-electron chi connectivity index (χ3n) is 5.93. The zero-order valence-electron chi connectivity index (χ0n) is 18.6. The maximum Gasteiger partial charge on any atom is 0.259 e. The number of anilines is 1. The molecule has 3 aromatic rings. The molecule has 0 aromatic heterocycles. The van der Waals surface area contributed by atoms with Crippen molar-refractivity contribution in [2.24, 2.45) is 0 Å². The Kier molecular flexibility index (Phi) is 5.95. The van der Waals surface area contributed by atoms with Gasteiger partial charge in [-0.25, -0.2) is 0 Å². The van der Waals surface area contributed by atoms with Gasteiger partial charge in [-0.1, -0.05) is 54.1 Å². The molecule has 4 rings (SSSR count). The van der Waals surface area contributed by atoms with Crippen molar-refractivity contribution in [1.29, 1.82) is 0 Å². The highest BCUT2D eigenvalue weighted by atomic mass is 16.2. The van der Waals surface area contributed by atoms with Gasteiger partial charge in [0.05, 0.1) is 5.69 Å². The van der Waals surface area contributed by atoms with E-state index in [0.717, 1.165) is 27.6 Å². The van der Waals surface area contributed by atoms with Gasteiger partial charge >= 0.3 is 0 Å². The summed E-state index contributed by atoms with van der Waals surface area (Å²) in [6, 6.07) is 18.5. The van der Waals surface area contributed by atoms with E-state index in [4.69, 9.17) is 0 Å². The molecule has 1 heterocycles. The van der Waals surface area contributed by atoms with Crippen LogP contribution < -0.4 is 10.2 Å². The molecule has 0 bridgehead atoms. The fraction of sp³-hybridized carbons (Fsp3) is 0.269. The predicted molar refractivity (Wildman–Crippen MR) is 125 cm³/mol. The normalized spacial score (nSPS) is 13.3. The molecule has 32 heavy (non-hydrogen) atoms. The Morgan fingerprint density at radius 1 is 1.03 bits per heavy atom. The molecule has 1 unspecified atom stereocenters. The molecule has 0 spiro atoms. The van der Waals surface area contributed by atoms with E-state index in [1.54, 1.807) is 17.9 Å². The monoisotopic (exact) mass is 429 g/mol. The summed E-state index contributed by atoms with van der Waals surface area (Å²) in [5, 5.41) is 4.63. The Hall–Kier alpha value is -3.67. The molecular formula is C26H27N3O3. The van der Waals surface area contributed by atoms with E-state index in [-0.39, 0.29) is 30.8 Å². The number of nitrogens with one attached hydrogen (secondary N) is 1. The molecule has 6 nitrogen and oxygen atoms in total. The highest BCUT2D eigenvalue weighted by molar-refractivity contribution is 6.26. The summed E-state index contributed by atoms with van der Waals surface area (Å²) in [5.41, 5.74) is 3.39. The molecule has 1 N–H and O–H groups in total. The van der Waals surface area contributed by atoms with Gasteiger partial charge in [0.15, 0.2) is 0 Å². The summed E-state index contributed by atoms with van der Waals surface area (Å²) >= 11 is 0. The van der Waals surface area contributed by atoms with Crippen molar-refractivity contribution in [3.63, 3.8) is 0 Å². The van der Waals surface area contributed by atoms with Gasteiger partial charge in [0.1, 0.15) is 12.6 Å². The van der Waals surface area contributed by atoms with Crippen LogP contribution in [0.1, 0.15) is 35.3 Å². The lowest BCUT2D eigenvalue weighted by atomic mass is 10.1. The van der Waals surface area contributed by atoms with Gasteiger partial charge in [-0.05, 0) is 43.9 Å². The summed E-state index contributed by atoms with van der Waals surface area (Å²) in [4.78, 5) is 42.3. The minimum absolute atomic E-state index is 0.123. The first-order chi connectivity index (χ1) is 15.4. The number of benzene rings is 3. The first-order valence-corrected chi connectivity index (χ1v) is 10.9. The predicted octanol–water partition coefficient (Wildman–Crippen LogP) is 3.66. The Morgan fingerprint density at radius 2 is 1.72 bits per heavy atom. The Balaban J connectivity index is 1.62. The molecule has 3 aromatic carbocycles. The van der Waals surface area contributed by atoms with Gasteiger partial charge in [0.2, 0.25) is 11.8 Å². The Bertz CT molecular complexity index is 1180. The number of aryl methyl sites for hydroxylation is 1. The molecule has 0 saturated carbocycles. The zero-order valence-corrected chi connectivity index (χ0v) is 18.6. The van der Waals surface area contributed by atoms with Crippen LogP contribution in [0, 0.1) is 6.92 Å². The number of nitrogens with zero attached hydrogens (tertiary/aromatic N) is 2. The molecule has 3 amide bonds. The lowest BCUT2D eigenvalue weighted by molar-refractivity contribution is -0.139. The molecule has 6 heteroatoms. The van der Waals surface area contributed by atoms with Crippen molar-refractivity contribution < 1.29 is 14.4 Å². The van der Waals surface area contributed by atoms with Gasteiger partial charge in [-0.15, -0.1) is 0 Å². The minimum Gasteiger partial charge on any atom is -0.355 e. The highest BCUT2D eigenvalue weighted by Crippen LogP contribution is 2.37. The molecule has 1 atom stereocenters. The summed E-state index contributed by atoms with van der Waals surface area (Å²) < 4.78 is 0. The number of rotatable bonds is 7. The summed E-state index contributed by atoms with van der Waals surface area (Å²) in [6.07, 6.45) is 0. The van der Waals surface area contributed by atoms with Crippen molar-refractivity contribution >= 4 is 34.2 Å². The van der Waals surface area contributed by atoms with Crippen molar-refractivity contribution in [1.82, 2.24) is 10.2 Å². The quantitative estimate of drug-likeness (QED) is 0.623. The highest BCUT2D eigenvalue weighted by Gasteiger charge is 2.34. The lowest BCUT2D eigenvalue weighted by Crippen LogP contribution is -2.50. The van der Waals surface area contributed by atoms with Gasteiger partial charge in [0, 0.05) is 24.0 Å². The molecule has 1 aliphatic heterocycles. The van der Waals surface area contributed by atoms with Gasteiger partial charge < -0.3 is 10.2 Å². The molecule has 0 fully saturated rings. The number of amides is 3. The van der Waals surface area contributed by atoms with Crippen LogP contribution in [0.5, 0.6) is 0 Å². The molecule has 0 saturated heterocycles. The molecule has 1 aliphatic rings. The van der Waals surface area contributed by atoms with Crippen LogP contribution in [0.25, 0.3) is 10.8 Å². The Labute approximate surface area is 187 Å². The number of hydrogen-bond acceptors (Lipinski definition) is 3. The van der Waals surface area contributed by atoms with Crippen molar-refractivity contribution in [3.8, 4) is 0 Å². The number of carbonyl (C=O) groups is 3. The van der Waals surface area contributed by atoms with Crippen LogP contribution in [0.2, 0.25) is 0 Å². The summed E-state index contributed by atoms with van der Waals surface area (Å²) in [7, 11) is 0. The first-order valence-electron chi connectivity index (χ1n) is 10.9. The van der Waals surface area contributed by atoms with Crippen LogP contribution in [-0.4, -0.2) is 41.8 Å². The van der Waals surface area contributed by atoms with Crippen LogP contribution in [0.4, 0.5) is 5.69 Å². The number of likely N-dealkylation sites (N-methyl/N-ethyl adjacent to an activating group) is 1. The Morgan fingerprint density at radius 3 is 2.41 bits per heavy atom. The van der Waals surface area contributed by atoms with Crippen LogP contribution in [0.3, 0.4) is 0 Å². The van der Waals surface area contributed by atoms with E-state index in [0.29, 0.717) is 12.1 Å². The molecular weight excluding hydrogens is 402 g/mol. The minimum atomic E-state index is -0.667. The first kappa shape index (κ1) is 21.6. The van der Waals surface area contributed by atoms with Crippen molar-refractivity contribution in [2.45, 2.75) is 33.4 Å². The largest absolute Gasteiger partial charge is 0.355 e. The third-order valence-corrected chi connectivity index (χ3v) is 5.93. The second kappa shape index (κ2) is 8.83. The van der Waals surface area contributed by atoms with Crippen LogP contribution >= 0.6 is 0 Å². The smallest absolute Gasteiger partial charge is 0.259 e. The topological polar surface area (TPSA) is 69.7 Å². The fourth-order valence-corrected chi connectivity index (χ4v) is 4.16. The zero-order chi connectivity index (χ0) is 22.8.